The van der Waals surface area contributed by atoms with Crippen LogP contribution in [0.1, 0.15) is 23.5 Å². The Balaban J connectivity index is 2.02. The van der Waals surface area contributed by atoms with Gasteiger partial charge in [0.1, 0.15) is 11.6 Å². The smallest absolute Gasteiger partial charge is 0.129 e. The van der Waals surface area contributed by atoms with Crippen LogP contribution in [0.3, 0.4) is 0 Å². The summed E-state index contributed by atoms with van der Waals surface area (Å²) in [6.07, 6.45) is 0.380. The molecule has 0 aliphatic carbocycles. The lowest BCUT2D eigenvalue weighted by atomic mass is 9.97. The Hall–Kier alpha value is -2.05. The van der Waals surface area contributed by atoms with E-state index in [-0.39, 0.29) is 10.6 Å². The molecular weight excluding hydrogens is 289 g/mol. The molecule has 2 aromatic rings. The summed E-state index contributed by atoms with van der Waals surface area (Å²) >= 11 is 5.99. The molecule has 0 N–H and O–H groups in total. The van der Waals surface area contributed by atoms with Crippen LogP contribution in [0.4, 0.5) is 4.39 Å². The average molecular weight is 304 g/mol. The minimum atomic E-state index is -0.622. The predicted molar refractivity (Wildman–Crippen MR) is 81.1 cm³/mol. The highest BCUT2D eigenvalue weighted by Crippen LogP contribution is 2.29. The molecular formula is C17H15ClFNO. The highest BCUT2D eigenvalue weighted by Gasteiger charge is 2.18. The van der Waals surface area contributed by atoms with E-state index in [2.05, 4.69) is 6.07 Å². The van der Waals surface area contributed by atoms with Crippen LogP contribution in [-0.2, 0) is 0 Å². The van der Waals surface area contributed by atoms with E-state index in [1.807, 2.05) is 31.2 Å². The molecule has 4 heteroatoms. The first-order chi connectivity index (χ1) is 10.1. The van der Waals surface area contributed by atoms with Crippen molar-refractivity contribution in [2.45, 2.75) is 19.3 Å². The van der Waals surface area contributed by atoms with Gasteiger partial charge in [-0.15, -0.1) is 0 Å². The summed E-state index contributed by atoms with van der Waals surface area (Å²) in [6, 6.07) is 14.2. The second-order valence-corrected chi connectivity index (χ2v) is 5.18. The largest absolute Gasteiger partial charge is 0.494 e. The van der Waals surface area contributed by atoms with Gasteiger partial charge in [0.05, 0.1) is 18.6 Å². The van der Waals surface area contributed by atoms with Gasteiger partial charge in [-0.3, -0.25) is 0 Å². The van der Waals surface area contributed by atoms with E-state index < -0.39 is 11.7 Å². The molecule has 1 atom stereocenters. The Bertz CT molecular complexity index is 646. The average Bonchev–Trinajstić information content (AvgIpc) is 2.45. The summed E-state index contributed by atoms with van der Waals surface area (Å²) in [5.74, 6) is -0.334. The number of nitrogens with zero attached hydrogens (tertiary/aromatic N) is 1. The van der Waals surface area contributed by atoms with E-state index in [9.17, 15) is 9.65 Å². The molecule has 0 aliphatic heterocycles. The summed E-state index contributed by atoms with van der Waals surface area (Å²) in [5, 5.41) is 9.51. The Morgan fingerprint density at radius 1 is 1.29 bits per heavy atom. The van der Waals surface area contributed by atoms with Crippen molar-refractivity contribution in [3.63, 3.8) is 0 Å². The third-order valence-corrected chi connectivity index (χ3v) is 3.50. The van der Waals surface area contributed by atoms with Crippen molar-refractivity contribution >= 4 is 11.6 Å². The zero-order valence-corrected chi connectivity index (χ0v) is 12.4. The standard InChI is InChI=1S/C17H15ClFNO/c1-12-4-2-5-14(10-12)21-9-8-13(11-20)17-15(18)6-3-7-16(17)19/h2-7,10,13H,8-9H2,1H3. The molecule has 0 fully saturated rings. The fraction of sp³-hybridized carbons (Fsp3) is 0.235. The van der Waals surface area contributed by atoms with E-state index in [1.165, 1.54) is 12.1 Å². The normalized spacial score (nSPS) is 11.7. The molecule has 0 bridgehead atoms. The van der Waals surface area contributed by atoms with Crippen molar-refractivity contribution in [1.29, 1.82) is 5.26 Å². The molecule has 2 nitrogen and oxygen atoms in total. The fourth-order valence-corrected chi connectivity index (χ4v) is 2.41. The van der Waals surface area contributed by atoms with Crippen molar-refractivity contribution in [1.82, 2.24) is 0 Å². The third-order valence-electron chi connectivity index (χ3n) is 3.17. The molecule has 108 valence electrons. The van der Waals surface area contributed by atoms with Gasteiger partial charge in [-0.05, 0) is 36.8 Å². The molecule has 21 heavy (non-hydrogen) atoms. The number of halogens is 2. The van der Waals surface area contributed by atoms with Crippen molar-refractivity contribution in [3.8, 4) is 11.8 Å². The molecule has 0 amide bonds. The zero-order valence-electron chi connectivity index (χ0n) is 11.6. The number of nitriles is 1. The van der Waals surface area contributed by atoms with Gasteiger partial charge < -0.3 is 4.74 Å². The Morgan fingerprint density at radius 2 is 2.05 bits per heavy atom. The number of aryl methyl sites for hydroxylation is 1. The molecule has 0 spiro atoms. The third kappa shape index (κ3) is 3.96. The predicted octanol–water partition coefficient (Wildman–Crippen LogP) is 4.86. The molecule has 2 aromatic carbocycles. The van der Waals surface area contributed by atoms with Crippen LogP contribution >= 0.6 is 11.6 Å². The van der Waals surface area contributed by atoms with E-state index >= 15 is 0 Å². The maximum absolute atomic E-state index is 13.8. The van der Waals surface area contributed by atoms with Crippen LogP contribution in [0, 0.1) is 24.1 Å². The first-order valence-corrected chi connectivity index (χ1v) is 7.02. The molecule has 1 unspecified atom stereocenters. The van der Waals surface area contributed by atoms with Crippen LogP contribution < -0.4 is 4.74 Å². The zero-order chi connectivity index (χ0) is 15.2. The van der Waals surface area contributed by atoms with Crippen LogP contribution in [0.25, 0.3) is 0 Å². The molecule has 0 saturated carbocycles. The lowest BCUT2D eigenvalue weighted by Gasteiger charge is -2.13. The second-order valence-electron chi connectivity index (χ2n) is 4.77. The second kappa shape index (κ2) is 7.10. The quantitative estimate of drug-likeness (QED) is 0.790. The highest BCUT2D eigenvalue weighted by atomic mass is 35.5. The minimum absolute atomic E-state index is 0.245. The maximum atomic E-state index is 13.8. The van der Waals surface area contributed by atoms with Gasteiger partial charge >= 0.3 is 0 Å². The lowest BCUT2D eigenvalue weighted by Crippen LogP contribution is -2.07. The van der Waals surface area contributed by atoms with Crippen molar-refractivity contribution in [3.05, 3.63) is 64.4 Å². The summed E-state index contributed by atoms with van der Waals surface area (Å²) in [6.45, 7) is 2.30. The number of rotatable bonds is 5. The first kappa shape index (κ1) is 15.3. The number of benzene rings is 2. The lowest BCUT2D eigenvalue weighted by molar-refractivity contribution is 0.305. The Labute approximate surface area is 128 Å². The van der Waals surface area contributed by atoms with Crippen molar-refractivity contribution in [2.24, 2.45) is 0 Å². The van der Waals surface area contributed by atoms with Gasteiger partial charge in [0.15, 0.2) is 0 Å². The Kier molecular flexibility index (Phi) is 5.19. The summed E-state index contributed by atoms with van der Waals surface area (Å²) in [7, 11) is 0. The van der Waals surface area contributed by atoms with Gasteiger partial charge in [-0.2, -0.15) is 5.26 Å². The van der Waals surface area contributed by atoms with Crippen LogP contribution in [-0.4, -0.2) is 6.61 Å². The molecule has 0 saturated heterocycles. The van der Waals surface area contributed by atoms with E-state index in [0.29, 0.717) is 13.0 Å². The van der Waals surface area contributed by atoms with Crippen LogP contribution in [0.5, 0.6) is 5.75 Å². The summed E-state index contributed by atoms with van der Waals surface area (Å²) in [4.78, 5) is 0. The molecule has 0 heterocycles. The monoisotopic (exact) mass is 303 g/mol. The van der Waals surface area contributed by atoms with E-state index in [0.717, 1.165) is 11.3 Å². The first-order valence-electron chi connectivity index (χ1n) is 6.65. The van der Waals surface area contributed by atoms with Gasteiger partial charge in [0.25, 0.3) is 0 Å². The molecule has 0 radical (unpaired) electrons. The maximum Gasteiger partial charge on any atom is 0.129 e. The molecule has 0 aromatic heterocycles. The summed E-state index contributed by atoms with van der Waals surface area (Å²) in [5.41, 5.74) is 1.34. The molecule has 2 rings (SSSR count). The fourth-order valence-electron chi connectivity index (χ4n) is 2.12. The van der Waals surface area contributed by atoms with Gasteiger partial charge in [0, 0.05) is 17.0 Å². The van der Waals surface area contributed by atoms with E-state index in [1.54, 1.807) is 6.07 Å². The van der Waals surface area contributed by atoms with Gasteiger partial charge in [0.2, 0.25) is 0 Å². The number of ether oxygens (including phenoxy) is 1. The van der Waals surface area contributed by atoms with Crippen molar-refractivity contribution in [2.75, 3.05) is 6.61 Å². The Morgan fingerprint density at radius 3 is 2.71 bits per heavy atom. The van der Waals surface area contributed by atoms with Gasteiger partial charge in [-0.25, -0.2) is 4.39 Å². The van der Waals surface area contributed by atoms with Crippen molar-refractivity contribution < 1.29 is 9.13 Å². The van der Waals surface area contributed by atoms with Crippen LogP contribution in [0.15, 0.2) is 42.5 Å². The molecule has 0 aliphatic rings. The van der Waals surface area contributed by atoms with E-state index in [4.69, 9.17) is 16.3 Å². The summed E-state index contributed by atoms with van der Waals surface area (Å²) < 4.78 is 19.4. The number of hydrogen-bond donors (Lipinski definition) is 0. The minimum Gasteiger partial charge on any atom is -0.494 e. The highest BCUT2D eigenvalue weighted by molar-refractivity contribution is 6.31. The SMILES string of the molecule is Cc1cccc(OCCC(C#N)c2c(F)cccc2Cl)c1. The van der Waals surface area contributed by atoms with Gasteiger partial charge in [-0.1, -0.05) is 29.8 Å². The topological polar surface area (TPSA) is 33.0 Å². The number of hydrogen-bond acceptors (Lipinski definition) is 2. The van der Waals surface area contributed by atoms with Crippen LogP contribution in [0.2, 0.25) is 5.02 Å².